The quantitative estimate of drug-likeness (QED) is 0.911. The molecule has 0 saturated carbocycles. The minimum absolute atomic E-state index is 0.313. The predicted octanol–water partition coefficient (Wildman–Crippen LogP) is 2.46. The molecule has 1 aromatic heterocycles. The first-order chi connectivity index (χ1) is 10.6. The summed E-state index contributed by atoms with van der Waals surface area (Å²) in [6, 6.07) is 8.33. The number of fused-ring (bicyclic) bond motifs is 1. The average Bonchev–Trinajstić information content (AvgIpc) is 3.07. The van der Waals surface area contributed by atoms with Crippen LogP contribution in [-0.2, 0) is 12.8 Å². The number of amides is 2. The molecule has 2 aromatic rings. The normalized spacial score (nSPS) is 12.5. The van der Waals surface area contributed by atoms with Gasteiger partial charge >= 0.3 is 0 Å². The lowest BCUT2D eigenvalue weighted by Crippen LogP contribution is -2.17. The molecule has 0 fully saturated rings. The van der Waals surface area contributed by atoms with Crippen LogP contribution in [0.2, 0.25) is 0 Å². The van der Waals surface area contributed by atoms with Crippen LogP contribution in [0.4, 0.5) is 5.00 Å². The van der Waals surface area contributed by atoms with Crippen LogP contribution in [-0.4, -0.2) is 11.8 Å². The summed E-state index contributed by atoms with van der Waals surface area (Å²) in [6.07, 6.45) is 2.77. The summed E-state index contributed by atoms with van der Waals surface area (Å²) in [5, 5.41) is 12.1. The Hall–Kier alpha value is -2.65. The zero-order valence-corrected chi connectivity index (χ0v) is 12.5. The molecule has 2 amide bonds. The molecule has 0 bridgehead atoms. The maximum absolute atomic E-state index is 12.3. The Morgan fingerprint density at radius 2 is 1.95 bits per heavy atom. The van der Waals surface area contributed by atoms with E-state index < -0.39 is 5.91 Å². The molecule has 0 atom stereocenters. The van der Waals surface area contributed by atoms with Gasteiger partial charge in [-0.2, -0.15) is 5.26 Å². The lowest BCUT2D eigenvalue weighted by Gasteiger charge is -2.06. The first kappa shape index (κ1) is 14.3. The van der Waals surface area contributed by atoms with E-state index in [-0.39, 0.29) is 5.91 Å². The predicted molar refractivity (Wildman–Crippen MR) is 84.0 cm³/mol. The summed E-state index contributed by atoms with van der Waals surface area (Å²) in [5.74, 6) is -0.818. The van der Waals surface area contributed by atoms with E-state index in [0.29, 0.717) is 21.7 Å². The topological polar surface area (TPSA) is 96.0 Å². The molecule has 1 aliphatic rings. The van der Waals surface area contributed by atoms with E-state index in [0.717, 1.165) is 29.7 Å². The van der Waals surface area contributed by atoms with Crippen LogP contribution in [0, 0.1) is 11.3 Å². The average molecular weight is 311 g/mol. The summed E-state index contributed by atoms with van der Waals surface area (Å²) in [7, 11) is 0. The lowest BCUT2D eigenvalue weighted by molar-refractivity contribution is 0.100. The van der Waals surface area contributed by atoms with Crippen molar-refractivity contribution < 1.29 is 9.59 Å². The number of anilines is 1. The van der Waals surface area contributed by atoms with E-state index >= 15 is 0 Å². The van der Waals surface area contributed by atoms with Gasteiger partial charge < -0.3 is 11.1 Å². The van der Waals surface area contributed by atoms with Gasteiger partial charge in [0.15, 0.2) is 0 Å². The van der Waals surface area contributed by atoms with E-state index in [2.05, 4.69) is 5.32 Å². The zero-order valence-electron chi connectivity index (χ0n) is 11.7. The summed E-state index contributed by atoms with van der Waals surface area (Å²) in [6.45, 7) is 0. The fourth-order valence-corrected chi connectivity index (χ4v) is 3.91. The van der Waals surface area contributed by atoms with Crippen molar-refractivity contribution in [3.8, 4) is 6.07 Å². The van der Waals surface area contributed by atoms with E-state index in [1.165, 1.54) is 11.3 Å². The Morgan fingerprint density at radius 3 is 2.59 bits per heavy atom. The zero-order chi connectivity index (χ0) is 15.7. The maximum Gasteiger partial charge on any atom is 0.256 e. The molecule has 1 aromatic carbocycles. The molecule has 0 radical (unpaired) electrons. The van der Waals surface area contributed by atoms with Gasteiger partial charge in [-0.3, -0.25) is 9.59 Å². The molecule has 22 heavy (non-hydrogen) atoms. The van der Waals surface area contributed by atoms with Gasteiger partial charge in [0.1, 0.15) is 5.00 Å². The molecule has 0 saturated heterocycles. The number of thiophene rings is 1. The van der Waals surface area contributed by atoms with Crippen molar-refractivity contribution >= 4 is 28.2 Å². The number of rotatable bonds is 3. The second kappa shape index (κ2) is 5.62. The number of nitriles is 1. The fraction of sp³-hybridized carbons (Fsp3) is 0.188. The molecule has 3 N–H and O–H groups in total. The van der Waals surface area contributed by atoms with Crippen molar-refractivity contribution in [1.29, 1.82) is 5.26 Å². The number of primary amides is 1. The standard InChI is InChI=1S/C16H13N3O2S/c17-8-9-4-6-10(7-5-9)15(21)19-16-13(14(18)20)11-2-1-3-12(11)22-16/h4-7H,1-3H2,(H2,18,20)(H,19,21). The Labute approximate surface area is 131 Å². The summed E-state index contributed by atoms with van der Waals surface area (Å²) < 4.78 is 0. The highest BCUT2D eigenvalue weighted by Crippen LogP contribution is 2.38. The van der Waals surface area contributed by atoms with Gasteiger partial charge in [0.2, 0.25) is 0 Å². The molecular formula is C16H13N3O2S. The number of hydrogen-bond donors (Lipinski definition) is 2. The fourth-order valence-electron chi connectivity index (χ4n) is 2.62. The van der Waals surface area contributed by atoms with Gasteiger partial charge in [-0.25, -0.2) is 0 Å². The molecule has 0 spiro atoms. The van der Waals surface area contributed by atoms with Crippen LogP contribution in [0.1, 0.15) is 43.1 Å². The van der Waals surface area contributed by atoms with Gasteiger partial charge in [0.25, 0.3) is 11.8 Å². The minimum atomic E-state index is -0.505. The van der Waals surface area contributed by atoms with Crippen molar-refractivity contribution in [3.63, 3.8) is 0 Å². The number of benzene rings is 1. The van der Waals surface area contributed by atoms with Crippen molar-refractivity contribution in [2.75, 3.05) is 5.32 Å². The second-order valence-corrected chi connectivity index (χ2v) is 6.17. The van der Waals surface area contributed by atoms with Gasteiger partial charge in [-0.15, -0.1) is 11.3 Å². The molecule has 5 nitrogen and oxygen atoms in total. The van der Waals surface area contributed by atoms with Crippen LogP contribution in [0.15, 0.2) is 24.3 Å². The molecular weight excluding hydrogens is 298 g/mol. The summed E-state index contributed by atoms with van der Waals surface area (Å²) in [4.78, 5) is 25.1. The van der Waals surface area contributed by atoms with Crippen LogP contribution >= 0.6 is 11.3 Å². The number of nitrogens with one attached hydrogen (secondary N) is 1. The Bertz CT molecular complexity index is 800. The molecule has 6 heteroatoms. The SMILES string of the molecule is N#Cc1ccc(C(=O)Nc2sc3c(c2C(N)=O)CCC3)cc1. The Kier molecular flexibility index (Phi) is 3.65. The highest BCUT2D eigenvalue weighted by molar-refractivity contribution is 7.17. The molecule has 3 rings (SSSR count). The Morgan fingerprint density at radius 1 is 1.23 bits per heavy atom. The number of aryl methyl sites for hydroxylation is 1. The maximum atomic E-state index is 12.3. The summed E-state index contributed by atoms with van der Waals surface area (Å²) in [5.41, 5.74) is 7.81. The molecule has 0 unspecified atom stereocenters. The van der Waals surface area contributed by atoms with Gasteiger partial charge in [-0.1, -0.05) is 0 Å². The summed E-state index contributed by atoms with van der Waals surface area (Å²) >= 11 is 1.42. The number of hydrogen-bond acceptors (Lipinski definition) is 4. The van der Waals surface area contributed by atoms with Crippen LogP contribution < -0.4 is 11.1 Å². The highest BCUT2D eigenvalue weighted by atomic mass is 32.1. The van der Waals surface area contributed by atoms with Gasteiger partial charge in [0.05, 0.1) is 17.2 Å². The van der Waals surface area contributed by atoms with E-state index in [9.17, 15) is 9.59 Å². The van der Waals surface area contributed by atoms with Crippen LogP contribution in [0.25, 0.3) is 0 Å². The molecule has 110 valence electrons. The third-order valence-electron chi connectivity index (χ3n) is 3.67. The first-order valence-corrected chi connectivity index (χ1v) is 7.67. The van der Waals surface area contributed by atoms with E-state index in [4.69, 9.17) is 11.0 Å². The minimum Gasteiger partial charge on any atom is -0.365 e. The second-order valence-electron chi connectivity index (χ2n) is 5.07. The highest BCUT2D eigenvalue weighted by Gasteiger charge is 2.26. The largest absolute Gasteiger partial charge is 0.365 e. The van der Waals surface area contributed by atoms with E-state index in [1.807, 2.05) is 6.07 Å². The number of carbonyl (C=O) groups is 2. The Balaban J connectivity index is 1.88. The smallest absolute Gasteiger partial charge is 0.256 e. The van der Waals surface area contributed by atoms with Crippen molar-refractivity contribution in [2.24, 2.45) is 5.73 Å². The molecule has 1 heterocycles. The molecule has 0 aliphatic heterocycles. The third-order valence-corrected chi connectivity index (χ3v) is 4.88. The van der Waals surface area contributed by atoms with Gasteiger partial charge in [-0.05, 0) is 49.1 Å². The van der Waals surface area contributed by atoms with Crippen LogP contribution in [0.5, 0.6) is 0 Å². The van der Waals surface area contributed by atoms with Crippen molar-refractivity contribution in [3.05, 3.63) is 51.4 Å². The van der Waals surface area contributed by atoms with Crippen molar-refractivity contribution in [1.82, 2.24) is 0 Å². The third kappa shape index (κ3) is 2.47. The monoisotopic (exact) mass is 311 g/mol. The lowest BCUT2D eigenvalue weighted by atomic mass is 10.1. The number of nitrogens with two attached hydrogens (primary N) is 1. The number of nitrogens with zero attached hydrogens (tertiary/aromatic N) is 1. The molecule has 1 aliphatic carbocycles. The van der Waals surface area contributed by atoms with Crippen LogP contribution in [0.3, 0.4) is 0 Å². The van der Waals surface area contributed by atoms with Gasteiger partial charge in [0, 0.05) is 10.4 Å². The number of carbonyl (C=O) groups excluding carboxylic acids is 2. The van der Waals surface area contributed by atoms with Crippen molar-refractivity contribution in [2.45, 2.75) is 19.3 Å². The first-order valence-electron chi connectivity index (χ1n) is 6.86. The van der Waals surface area contributed by atoms with E-state index in [1.54, 1.807) is 24.3 Å².